The van der Waals surface area contributed by atoms with Crippen LogP contribution in [0, 0.1) is 15.5 Å². The first-order valence-electron chi connectivity index (χ1n) is 6.14. The molecule has 0 spiro atoms. The molecular weight excluding hydrogens is 300 g/mol. The number of rotatable bonds is 3. The molecule has 9 heteroatoms. The number of amides is 2. The van der Waals surface area contributed by atoms with E-state index >= 15 is 0 Å². The molecule has 0 aromatic carbocycles. The van der Waals surface area contributed by atoms with E-state index in [9.17, 15) is 19.7 Å². The highest BCUT2D eigenvalue weighted by molar-refractivity contribution is 6.32. The lowest BCUT2D eigenvalue weighted by Gasteiger charge is -2.21. The number of halogens is 1. The molecule has 2 amide bonds. The number of carbonyl (C=O) groups excluding carboxylic acids is 2. The second kappa shape index (κ2) is 5.28. The van der Waals surface area contributed by atoms with Crippen LogP contribution in [0.4, 0.5) is 5.69 Å². The summed E-state index contributed by atoms with van der Waals surface area (Å²) in [6.07, 6.45) is 1.42. The largest absolute Gasteiger partial charge is 0.369 e. The third-order valence-corrected chi connectivity index (χ3v) is 3.92. The van der Waals surface area contributed by atoms with Gasteiger partial charge in [-0.05, 0) is 13.3 Å². The number of hydrogen-bond donors (Lipinski definition) is 1. The molecule has 1 aliphatic rings. The number of likely N-dealkylation sites (tertiary alicyclic amines) is 1. The van der Waals surface area contributed by atoms with E-state index in [2.05, 4.69) is 4.98 Å². The fourth-order valence-corrected chi connectivity index (χ4v) is 2.38. The summed E-state index contributed by atoms with van der Waals surface area (Å²) in [5.41, 5.74) is 4.15. The number of carbonyl (C=O) groups is 2. The molecule has 112 valence electrons. The molecule has 1 aromatic heterocycles. The van der Waals surface area contributed by atoms with Crippen LogP contribution in [0.2, 0.25) is 5.15 Å². The van der Waals surface area contributed by atoms with E-state index in [0.717, 1.165) is 12.3 Å². The maximum Gasteiger partial charge on any atom is 0.288 e. The van der Waals surface area contributed by atoms with Gasteiger partial charge in [-0.25, -0.2) is 4.98 Å². The van der Waals surface area contributed by atoms with Gasteiger partial charge in [0.05, 0.1) is 15.9 Å². The van der Waals surface area contributed by atoms with Gasteiger partial charge in [-0.15, -0.1) is 0 Å². The van der Waals surface area contributed by atoms with Crippen LogP contribution in [0.5, 0.6) is 0 Å². The lowest BCUT2D eigenvalue weighted by atomic mass is 9.89. The number of hydrogen-bond acceptors (Lipinski definition) is 5. The number of nitro groups is 1. The molecule has 1 unspecified atom stereocenters. The van der Waals surface area contributed by atoms with Crippen LogP contribution in [0.25, 0.3) is 0 Å². The summed E-state index contributed by atoms with van der Waals surface area (Å²) >= 11 is 5.83. The lowest BCUT2D eigenvalue weighted by molar-refractivity contribution is -0.385. The van der Waals surface area contributed by atoms with Crippen molar-refractivity contribution in [1.82, 2.24) is 9.88 Å². The van der Waals surface area contributed by atoms with Crippen LogP contribution in [0.3, 0.4) is 0 Å². The van der Waals surface area contributed by atoms with Gasteiger partial charge in [0.25, 0.3) is 11.6 Å². The molecule has 1 saturated heterocycles. The SMILES string of the molecule is CC1(C(N)=O)CCN(C(=O)c2cc([N+](=O)[O-])cnc2Cl)C1. The van der Waals surface area contributed by atoms with Crippen LogP contribution in [0.15, 0.2) is 12.3 Å². The third kappa shape index (κ3) is 2.80. The van der Waals surface area contributed by atoms with Gasteiger partial charge in [0.15, 0.2) is 0 Å². The Balaban J connectivity index is 2.28. The Morgan fingerprint density at radius 3 is 2.76 bits per heavy atom. The number of pyridine rings is 1. The molecule has 1 fully saturated rings. The van der Waals surface area contributed by atoms with Crippen molar-refractivity contribution in [3.05, 3.63) is 33.1 Å². The second-order valence-electron chi connectivity index (χ2n) is 5.19. The lowest BCUT2D eigenvalue weighted by Crippen LogP contribution is -2.38. The van der Waals surface area contributed by atoms with Gasteiger partial charge in [-0.2, -0.15) is 0 Å². The topological polar surface area (TPSA) is 119 Å². The van der Waals surface area contributed by atoms with Crippen molar-refractivity contribution >= 4 is 29.1 Å². The van der Waals surface area contributed by atoms with Crippen LogP contribution >= 0.6 is 11.6 Å². The van der Waals surface area contributed by atoms with Crippen LogP contribution < -0.4 is 5.73 Å². The minimum absolute atomic E-state index is 0.0559. The zero-order valence-electron chi connectivity index (χ0n) is 11.2. The second-order valence-corrected chi connectivity index (χ2v) is 5.55. The van der Waals surface area contributed by atoms with E-state index in [4.69, 9.17) is 17.3 Å². The minimum atomic E-state index is -0.795. The summed E-state index contributed by atoms with van der Waals surface area (Å²) in [6.45, 7) is 2.16. The van der Waals surface area contributed by atoms with E-state index in [1.54, 1.807) is 6.92 Å². The summed E-state index contributed by atoms with van der Waals surface area (Å²) < 4.78 is 0. The Morgan fingerprint density at radius 2 is 2.24 bits per heavy atom. The Bertz CT molecular complexity index is 636. The predicted molar refractivity (Wildman–Crippen MR) is 73.7 cm³/mol. The minimum Gasteiger partial charge on any atom is -0.369 e. The fraction of sp³-hybridized carbons (Fsp3) is 0.417. The molecule has 0 bridgehead atoms. The molecule has 0 aliphatic carbocycles. The van der Waals surface area contributed by atoms with Crippen molar-refractivity contribution in [1.29, 1.82) is 0 Å². The first-order chi connectivity index (χ1) is 9.74. The highest BCUT2D eigenvalue weighted by Gasteiger charge is 2.41. The molecule has 1 aromatic rings. The van der Waals surface area contributed by atoms with E-state index in [1.165, 1.54) is 4.90 Å². The van der Waals surface area contributed by atoms with Gasteiger partial charge in [-0.3, -0.25) is 19.7 Å². The zero-order chi connectivity index (χ0) is 15.8. The maximum atomic E-state index is 12.4. The number of primary amides is 1. The quantitative estimate of drug-likeness (QED) is 0.507. The number of aromatic nitrogens is 1. The average Bonchev–Trinajstić information content (AvgIpc) is 2.82. The zero-order valence-corrected chi connectivity index (χ0v) is 12.0. The Kier molecular flexibility index (Phi) is 3.82. The highest BCUT2D eigenvalue weighted by atomic mass is 35.5. The van der Waals surface area contributed by atoms with Gasteiger partial charge in [0, 0.05) is 19.2 Å². The van der Waals surface area contributed by atoms with Gasteiger partial charge in [-0.1, -0.05) is 11.6 Å². The Hall–Kier alpha value is -2.22. The van der Waals surface area contributed by atoms with Crippen LogP contribution in [-0.4, -0.2) is 39.7 Å². The summed E-state index contributed by atoms with van der Waals surface area (Å²) in [7, 11) is 0. The van der Waals surface area contributed by atoms with Crippen LogP contribution in [-0.2, 0) is 4.79 Å². The summed E-state index contributed by atoms with van der Waals surface area (Å²) in [4.78, 5) is 38.9. The van der Waals surface area contributed by atoms with E-state index in [0.29, 0.717) is 13.0 Å². The van der Waals surface area contributed by atoms with Crippen molar-refractivity contribution in [3.8, 4) is 0 Å². The Labute approximate surface area is 125 Å². The molecule has 1 aliphatic heterocycles. The van der Waals surface area contributed by atoms with Crippen molar-refractivity contribution < 1.29 is 14.5 Å². The molecular formula is C12H13ClN4O4. The predicted octanol–water partition coefficient (Wildman–Crippen LogP) is 0.981. The maximum absolute atomic E-state index is 12.4. The highest BCUT2D eigenvalue weighted by Crippen LogP contribution is 2.31. The standard InChI is InChI=1S/C12H13ClN4O4/c1-12(11(14)19)2-3-16(6-12)10(18)8-4-7(17(20)21)5-15-9(8)13/h4-5H,2-3,6H2,1H3,(H2,14,19). The summed E-state index contributed by atoms with van der Waals surface area (Å²) in [5.74, 6) is -0.984. The molecule has 8 nitrogen and oxygen atoms in total. The van der Waals surface area contributed by atoms with Crippen molar-refractivity contribution in [2.24, 2.45) is 11.1 Å². The summed E-state index contributed by atoms with van der Waals surface area (Å²) in [5, 5.41) is 10.6. The van der Waals surface area contributed by atoms with Gasteiger partial charge >= 0.3 is 0 Å². The third-order valence-electron chi connectivity index (χ3n) is 3.62. The molecule has 2 heterocycles. The molecule has 2 N–H and O–H groups in total. The molecule has 2 rings (SSSR count). The van der Waals surface area contributed by atoms with Gasteiger partial charge in [0.1, 0.15) is 11.3 Å². The van der Waals surface area contributed by atoms with Gasteiger partial charge < -0.3 is 10.6 Å². The number of nitrogens with two attached hydrogens (primary N) is 1. The van der Waals surface area contributed by atoms with Crippen molar-refractivity contribution in [2.75, 3.05) is 13.1 Å². The smallest absolute Gasteiger partial charge is 0.288 e. The van der Waals surface area contributed by atoms with Gasteiger partial charge in [0.2, 0.25) is 5.91 Å². The Morgan fingerprint density at radius 1 is 1.57 bits per heavy atom. The first kappa shape index (κ1) is 15.2. The van der Waals surface area contributed by atoms with Crippen LogP contribution in [0.1, 0.15) is 23.7 Å². The first-order valence-corrected chi connectivity index (χ1v) is 6.51. The molecule has 1 atom stereocenters. The monoisotopic (exact) mass is 312 g/mol. The van der Waals surface area contributed by atoms with E-state index < -0.39 is 22.2 Å². The molecule has 21 heavy (non-hydrogen) atoms. The van der Waals surface area contributed by atoms with Crippen molar-refractivity contribution in [2.45, 2.75) is 13.3 Å². The molecule has 0 radical (unpaired) electrons. The average molecular weight is 313 g/mol. The molecule has 0 saturated carbocycles. The fourth-order valence-electron chi connectivity index (χ4n) is 2.19. The van der Waals surface area contributed by atoms with E-state index in [-0.39, 0.29) is 22.9 Å². The van der Waals surface area contributed by atoms with E-state index in [1.807, 2.05) is 0 Å². The summed E-state index contributed by atoms with van der Waals surface area (Å²) in [6, 6.07) is 1.08. The van der Waals surface area contributed by atoms with Crippen molar-refractivity contribution in [3.63, 3.8) is 0 Å². The normalized spacial score (nSPS) is 21.3. The number of nitrogens with zero attached hydrogens (tertiary/aromatic N) is 3.